The van der Waals surface area contributed by atoms with Gasteiger partial charge in [-0.15, -0.1) is 0 Å². The van der Waals surface area contributed by atoms with Crippen molar-refractivity contribution in [2.24, 2.45) is 0 Å². The number of benzene rings is 2. The fourth-order valence-electron chi connectivity index (χ4n) is 3.16. The van der Waals surface area contributed by atoms with Gasteiger partial charge in [0.25, 0.3) is 0 Å². The molecule has 154 valence electrons. The van der Waals surface area contributed by atoms with E-state index in [0.29, 0.717) is 24.2 Å². The Labute approximate surface area is 179 Å². The highest BCUT2D eigenvalue weighted by atomic mass is 79.9. The summed E-state index contributed by atoms with van der Waals surface area (Å²) in [6, 6.07) is 11.2. The lowest BCUT2D eigenvalue weighted by molar-refractivity contribution is 0.0473. The van der Waals surface area contributed by atoms with E-state index in [2.05, 4.69) is 15.9 Å². The highest BCUT2D eigenvalue weighted by Crippen LogP contribution is 2.23. The molecule has 0 amide bonds. The van der Waals surface area contributed by atoms with Crippen molar-refractivity contribution in [2.45, 2.75) is 31.1 Å². The normalized spacial score (nSPS) is 15.1. The SMILES string of the molecule is Cc1ccc(S(=O)(=O)N2CCCCC2)cc1C(=O)OCC(=O)c1ccc(Br)cc1. The van der Waals surface area contributed by atoms with Crippen molar-refractivity contribution in [1.29, 1.82) is 0 Å². The van der Waals surface area contributed by atoms with Crippen LogP contribution >= 0.6 is 15.9 Å². The molecule has 3 rings (SSSR count). The largest absolute Gasteiger partial charge is 0.454 e. The zero-order chi connectivity index (χ0) is 21.0. The average molecular weight is 480 g/mol. The Hall–Kier alpha value is -2.03. The van der Waals surface area contributed by atoms with Gasteiger partial charge in [0, 0.05) is 23.1 Å². The third-order valence-electron chi connectivity index (χ3n) is 4.88. The van der Waals surface area contributed by atoms with E-state index >= 15 is 0 Å². The molecular formula is C21H22BrNO5S. The Kier molecular flexibility index (Phi) is 6.87. The number of sulfonamides is 1. The summed E-state index contributed by atoms with van der Waals surface area (Å²) in [6.45, 7) is 2.25. The molecule has 0 aromatic heterocycles. The first-order valence-electron chi connectivity index (χ1n) is 9.36. The second-order valence-corrected chi connectivity index (χ2v) is 9.80. The lowest BCUT2D eigenvalue weighted by atomic mass is 10.1. The lowest BCUT2D eigenvalue weighted by Crippen LogP contribution is -2.35. The predicted molar refractivity (Wildman–Crippen MR) is 113 cm³/mol. The van der Waals surface area contributed by atoms with Gasteiger partial charge in [-0.2, -0.15) is 4.31 Å². The summed E-state index contributed by atoms with van der Waals surface area (Å²) in [5.41, 5.74) is 1.16. The van der Waals surface area contributed by atoms with E-state index in [9.17, 15) is 18.0 Å². The molecule has 0 unspecified atom stereocenters. The van der Waals surface area contributed by atoms with Crippen LogP contribution in [0.5, 0.6) is 0 Å². The van der Waals surface area contributed by atoms with Crippen molar-refractivity contribution in [2.75, 3.05) is 19.7 Å². The predicted octanol–water partition coefficient (Wildman–Crippen LogP) is 3.97. The maximum Gasteiger partial charge on any atom is 0.338 e. The molecule has 2 aromatic carbocycles. The molecule has 1 aliphatic rings. The van der Waals surface area contributed by atoms with Crippen molar-refractivity contribution in [1.82, 2.24) is 4.31 Å². The maximum atomic E-state index is 12.9. The number of hydrogen-bond donors (Lipinski definition) is 0. The van der Waals surface area contributed by atoms with Gasteiger partial charge in [-0.1, -0.05) is 40.5 Å². The van der Waals surface area contributed by atoms with Crippen LogP contribution in [0.3, 0.4) is 0 Å². The first-order chi connectivity index (χ1) is 13.8. The van der Waals surface area contributed by atoms with Crippen molar-refractivity contribution >= 4 is 37.7 Å². The van der Waals surface area contributed by atoms with Gasteiger partial charge in [-0.3, -0.25) is 4.79 Å². The number of esters is 1. The summed E-state index contributed by atoms with van der Waals surface area (Å²) in [4.78, 5) is 24.8. The number of hydrogen-bond acceptors (Lipinski definition) is 5. The van der Waals surface area contributed by atoms with Gasteiger partial charge in [0.05, 0.1) is 10.5 Å². The first kappa shape index (κ1) is 21.7. The molecule has 1 heterocycles. The Balaban J connectivity index is 1.74. The number of aryl methyl sites for hydroxylation is 1. The zero-order valence-corrected chi connectivity index (χ0v) is 18.5. The van der Waals surface area contributed by atoms with E-state index in [4.69, 9.17) is 4.74 Å². The molecule has 0 bridgehead atoms. The molecule has 0 spiro atoms. The van der Waals surface area contributed by atoms with Crippen LogP contribution in [0.1, 0.15) is 45.5 Å². The molecule has 0 atom stereocenters. The number of carbonyl (C=O) groups is 2. The summed E-state index contributed by atoms with van der Waals surface area (Å²) < 4.78 is 33.2. The van der Waals surface area contributed by atoms with Gasteiger partial charge >= 0.3 is 5.97 Å². The van der Waals surface area contributed by atoms with Crippen LogP contribution in [-0.2, 0) is 14.8 Å². The highest BCUT2D eigenvalue weighted by molar-refractivity contribution is 9.10. The molecule has 2 aromatic rings. The van der Waals surface area contributed by atoms with E-state index in [1.54, 1.807) is 37.3 Å². The zero-order valence-electron chi connectivity index (χ0n) is 16.1. The number of halogens is 1. The van der Waals surface area contributed by atoms with Gasteiger partial charge < -0.3 is 4.74 Å². The fourth-order valence-corrected chi connectivity index (χ4v) is 4.97. The van der Waals surface area contributed by atoms with Gasteiger partial charge in [0.2, 0.25) is 10.0 Å². The third-order valence-corrected chi connectivity index (χ3v) is 7.31. The van der Waals surface area contributed by atoms with Crippen molar-refractivity contribution < 1.29 is 22.7 Å². The summed E-state index contributed by atoms with van der Waals surface area (Å²) in [5.74, 6) is -1.05. The maximum absolute atomic E-state index is 12.9. The summed E-state index contributed by atoms with van der Waals surface area (Å²) >= 11 is 3.30. The van der Waals surface area contributed by atoms with E-state index in [-0.39, 0.29) is 16.2 Å². The minimum atomic E-state index is -3.66. The topological polar surface area (TPSA) is 80.8 Å². The van der Waals surface area contributed by atoms with Gasteiger partial charge in [0.15, 0.2) is 12.4 Å². The van der Waals surface area contributed by atoms with Crippen molar-refractivity contribution in [3.8, 4) is 0 Å². The molecule has 8 heteroatoms. The Morgan fingerprint density at radius 2 is 1.69 bits per heavy atom. The van der Waals surface area contributed by atoms with E-state index < -0.39 is 22.6 Å². The molecular weight excluding hydrogens is 458 g/mol. The number of ether oxygens (including phenoxy) is 1. The summed E-state index contributed by atoms with van der Waals surface area (Å²) in [6.07, 6.45) is 2.68. The van der Waals surface area contributed by atoms with Crippen molar-refractivity contribution in [3.05, 3.63) is 63.6 Å². The highest BCUT2D eigenvalue weighted by Gasteiger charge is 2.27. The number of piperidine rings is 1. The molecule has 29 heavy (non-hydrogen) atoms. The molecule has 1 aliphatic heterocycles. The van der Waals surface area contributed by atoms with E-state index in [1.165, 1.54) is 16.4 Å². The Morgan fingerprint density at radius 3 is 2.34 bits per heavy atom. The first-order valence-corrected chi connectivity index (χ1v) is 11.6. The van der Waals surface area contributed by atoms with Crippen molar-refractivity contribution in [3.63, 3.8) is 0 Å². The smallest absolute Gasteiger partial charge is 0.338 e. The quantitative estimate of drug-likeness (QED) is 0.462. The number of rotatable bonds is 6. The van der Waals surface area contributed by atoms with Crippen LogP contribution in [0, 0.1) is 6.92 Å². The molecule has 1 fully saturated rings. The number of ketones is 1. The van der Waals surface area contributed by atoms with Gasteiger partial charge in [-0.05, 0) is 49.6 Å². The van der Waals surface area contributed by atoms with Gasteiger partial charge in [0.1, 0.15) is 0 Å². The third kappa shape index (κ3) is 5.12. The van der Waals surface area contributed by atoms with Crippen LogP contribution in [0.25, 0.3) is 0 Å². The minimum Gasteiger partial charge on any atom is -0.454 e. The van der Waals surface area contributed by atoms with Crippen LogP contribution in [0.15, 0.2) is 51.8 Å². The molecule has 0 radical (unpaired) electrons. The van der Waals surface area contributed by atoms with Crippen LogP contribution < -0.4 is 0 Å². The van der Waals surface area contributed by atoms with Gasteiger partial charge in [-0.25, -0.2) is 13.2 Å². The second-order valence-electron chi connectivity index (χ2n) is 6.95. The Bertz CT molecular complexity index is 1010. The lowest BCUT2D eigenvalue weighted by Gasteiger charge is -2.26. The number of nitrogens with zero attached hydrogens (tertiary/aromatic N) is 1. The number of Topliss-reactive ketones (excluding diaryl/α,β-unsaturated/α-hetero) is 1. The Morgan fingerprint density at radius 1 is 1.03 bits per heavy atom. The fraction of sp³-hybridized carbons (Fsp3) is 0.333. The minimum absolute atomic E-state index is 0.0659. The van der Waals surface area contributed by atoms with E-state index in [0.717, 1.165) is 23.7 Å². The summed E-state index contributed by atoms with van der Waals surface area (Å²) in [7, 11) is -3.66. The monoisotopic (exact) mass is 479 g/mol. The van der Waals surface area contributed by atoms with Crippen LogP contribution in [-0.4, -0.2) is 44.2 Å². The molecule has 1 saturated heterocycles. The summed E-state index contributed by atoms with van der Waals surface area (Å²) in [5, 5.41) is 0. The average Bonchev–Trinajstić information content (AvgIpc) is 2.73. The molecule has 6 nitrogen and oxygen atoms in total. The van der Waals surface area contributed by atoms with Crippen LogP contribution in [0.2, 0.25) is 0 Å². The molecule has 0 aliphatic carbocycles. The molecule has 0 N–H and O–H groups in total. The number of carbonyl (C=O) groups excluding carboxylic acids is 2. The second kappa shape index (κ2) is 9.19. The van der Waals surface area contributed by atoms with Crippen LogP contribution in [0.4, 0.5) is 0 Å². The molecule has 0 saturated carbocycles. The standard InChI is InChI=1S/C21H22BrNO5S/c1-15-5-10-18(29(26,27)23-11-3-2-4-12-23)13-19(15)21(25)28-14-20(24)16-6-8-17(22)9-7-16/h5-10,13H,2-4,11-12,14H2,1H3. The van der Waals surface area contributed by atoms with E-state index in [1.807, 2.05) is 0 Å².